The van der Waals surface area contributed by atoms with Crippen LogP contribution in [0.2, 0.25) is 0 Å². The van der Waals surface area contributed by atoms with Gasteiger partial charge in [0.15, 0.2) is 5.13 Å². The molecule has 28 heavy (non-hydrogen) atoms. The Balaban J connectivity index is 1.26. The van der Waals surface area contributed by atoms with E-state index in [-0.39, 0.29) is 18.0 Å². The molecule has 3 aliphatic rings. The summed E-state index contributed by atoms with van der Waals surface area (Å²) in [5.41, 5.74) is 1.14. The number of hydrogen-bond acceptors (Lipinski definition) is 6. The molecular weight excluding hydrogens is 376 g/mol. The topological polar surface area (TPSA) is 80.8 Å². The Morgan fingerprint density at radius 3 is 2.61 bits per heavy atom. The number of fused-ring (bicyclic) bond motifs is 1. The van der Waals surface area contributed by atoms with Crippen molar-refractivity contribution < 1.29 is 9.59 Å². The van der Waals surface area contributed by atoms with Gasteiger partial charge in [0.1, 0.15) is 0 Å². The molecule has 0 spiro atoms. The molecule has 4 rings (SSSR count). The first-order valence-corrected chi connectivity index (χ1v) is 11.1. The van der Waals surface area contributed by atoms with Crippen molar-refractivity contribution >= 4 is 28.4 Å². The van der Waals surface area contributed by atoms with Crippen LogP contribution in [0, 0.1) is 0 Å². The van der Waals surface area contributed by atoms with E-state index < -0.39 is 0 Å². The Morgan fingerprint density at radius 2 is 1.89 bits per heavy atom. The first-order valence-electron chi connectivity index (χ1n) is 10.3. The fourth-order valence-corrected chi connectivity index (χ4v) is 5.21. The van der Waals surface area contributed by atoms with E-state index in [0.29, 0.717) is 37.4 Å². The molecule has 1 aliphatic carbocycles. The highest BCUT2D eigenvalue weighted by molar-refractivity contribution is 7.15. The first kappa shape index (κ1) is 19.6. The molecule has 3 heterocycles. The predicted octanol–water partition coefficient (Wildman–Crippen LogP) is 0.990. The van der Waals surface area contributed by atoms with Crippen LogP contribution in [-0.2, 0) is 17.6 Å². The molecule has 0 bridgehead atoms. The number of aromatic nitrogens is 1. The van der Waals surface area contributed by atoms with Crippen LogP contribution in [0.3, 0.4) is 0 Å². The fourth-order valence-electron chi connectivity index (χ4n) is 4.17. The molecule has 3 amide bonds. The number of piperazine rings is 2. The third kappa shape index (κ3) is 4.16. The monoisotopic (exact) mass is 406 g/mol. The van der Waals surface area contributed by atoms with Crippen LogP contribution < -0.4 is 10.6 Å². The van der Waals surface area contributed by atoms with Crippen molar-refractivity contribution in [2.45, 2.75) is 45.2 Å². The number of amides is 3. The third-order valence-electron chi connectivity index (χ3n) is 5.92. The van der Waals surface area contributed by atoms with Gasteiger partial charge in [-0.2, -0.15) is 0 Å². The van der Waals surface area contributed by atoms with Crippen LogP contribution in [0.15, 0.2) is 0 Å². The summed E-state index contributed by atoms with van der Waals surface area (Å²) >= 11 is 1.59. The van der Waals surface area contributed by atoms with Crippen LogP contribution in [0.5, 0.6) is 0 Å². The number of nitrogens with one attached hydrogen (secondary N) is 2. The summed E-state index contributed by atoms with van der Waals surface area (Å²) in [5.74, 6) is 0.154. The SMILES string of the molecule is CC(C)N1CCN[C@@H](C(=O)N2CCN(C(=O)Nc3nc4c(s3)CCC4)CC2)C1. The van der Waals surface area contributed by atoms with Gasteiger partial charge in [-0.05, 0) is 33.1 Å². The van der Waals surface area contributed by atoms with E-state index in [1.807, 2.05) is 4.90 Å². The molecule has 8 nitrogen and oxygen atoms in total. The number of nitrogens with zero attached hydrogens (tertiary/aromatic N) is 4. The molecule has 0 unspecified atom stereocenters. The van der Waals surface area contributed by atoms with Crippen molar-refractivity contribution in [3.63, 3.8) is 0 Å². The van der Waals surface area contributed by atoms with Gasteiger partial charge >= 0.3 is 6.03 Å². The zero-order valence-electron chi connectivity index (χ0n) is 16.7. The number of urea groups is 1. The van der Waals surface area contributed by atoms with Crippen molar-refractivity contribution in [3.05, 3.63) is 10.6 Å². The van der Waals surface area contributed by atoms with Crippen LogP contribution in [0.25, 0.3) is 0 Å². The molecule has 2 N–H and O–H groups in total. The van der Waals surface area contributed by atoms with Gasteiger partial charge in [0.25, 0.3) is 0 Å². The van der Waals surface area contributed by atoms with Gasteiger partial charge in [0, 0.05) is 56.7 Å². The van der Waals surface area contributed by atoms with Crippen LogP contribution >= 0.6 is 11.3 Å². The maximum Gasteiger partial charge on any atom is 0.323 e. The molecule has 2 saturated heterocycles. The van der Waals surface area contributed by atoms with Crippen molar-refractivity contribution in [2.24, 2.45) is 0 Å². The molecule has 2 aliphatic heterocycles. The fraction of sp³-hybridized carbons (Fsp3) is 0.737. The second-order valence-electron chi connectivity index (χ2n) is 8.08. The van der Waals surface area contributed by atoms with Gasteiger partial charge in [-0.1, -0.05) is 0 Å². The standard InChI is InChI=1S/C19H30N6O2S/c1-13(2)25-7-6-20-15(12-25)17(26)23-8-10-24(11-9-23)19(27)22-18-21-14-4-3-5-16(14)28-18/h13,15,20H,3-12H2,1-2H3,(H,21,22,27)/t15-/m1/s1. The highest BCUT2D eigenvalue weighted by Crippen LogP contribution is 2.30. The number of carbonyl (C=O) groups excluding carboxylic acids is 2. The number of aryl methyl sites for hydroxylation is 2. The van der Waals surface area contributed by atoms with Crippen molar-refractivity contribution in [2.75, 3.05) is 51.1 Å². The average Bonchev–Trinajstić information content (AvgIpc) is 3.29. The number of rotatable bonds is 3. The lowest BCUT2D eigenvalue weighted by Crippen LogP contribution is -2.61. The van der Waals surface area contributed by atoms with E-state index in [1.165, 1.54) is 11.3 Å². The number of thiazole rings is 1. The van der Waals surface area contributed by atoms with E-state index in [2.05, 4.69) is 34.4 Å². The molecule has 154 valence electrons. The van der Waals surface area contributed by atoms with Gasteiger partial charge in [0.05, 0.1) is 11.7 Å². The lowest BCUT2D eigenvalue weighted by Gasteiger charge is -2.40. The van der Waals surface area contributed by atoms with Crippen LogP contribution in [0.4, 0.5) is 9.93 Å². The van der Waals surface area contributed by atoms with E-state index in [1.54, 1.807) is 16.2 Å². The van der Waals surface area contributed by atoms with Crippen molar-refractivity contribution in [1.29, 1.82) is 0 Å². The summed E-state index contributed by atoms with van der Waals surface area (Å²) in [4.78, 5) is 37.3. The smallest absolute Gasteiger partial charge is 0.323 e. The van der Waals surface area contributed by atoms with E-state index in [4.69, 9.17) is 0 Å². The Morgan fingerprint density at radius 1 is 1.14 bits per heavy atom. The summed E-state index contributed by atoms with van der Waals surface area (Å²) in [6.07, 6.45) is 3.27. The summed E-state index contributed by atoms with van der Waals surface area (Å²) < 4.78 is 0. The molecular formula is C19H30N6O2S. The van der Waals surface area contributed by atoms with Gasteiger partial charge < -0.3 is 15.1 Å². The minimum atomic E-state index is -0.144. The average molecular weight is 407 g/mol. The Labute approximate surface area is 170 Å². The Bertz CT molecular complexity index is 707. The molecule has 1 atom stereocenters. The highest BCUT2D eigenvalue weighted by atomic mass is 32.1. The summed E-state index contributed by atoms with van der Waals surface area (Å²) in [7, 11) is 0. The molecule has 0 aromatic carbocycles. The minimum Gasteiger partial charge on any atom is -0.338 e. The Kier molecular flexibility index (Phi) is 5.84. The molecule has 1 aromatic heterocycles. The zero-order valence-corrected chi connectivity index (χ0v) is 17.6. The second kappa shape index (κ2) is 8.34. The zero-order chi connectivity index (χ0) is 19.7. The molecule has 9 heteroatoms. The lowest BCUT2D eigenvalue weighted by atomic mass is 10.1. The van der Waals surface area contributed by atoms with Crippen molar-refractivity contribution in [3.8, 4) is 0 Å². The first-order chi connectivity index (χ1) is 13.5. The molecule has 0 saturated carbocycles. The second-order valence-corrected chi connectivity index (χ2v) is 9.16. The summed E-state index contributed by atoms with van der Waals surface area (Å²) in [6.45, 7) is 9.20. The minimum absolute atomic E-state index is 0.110. The van der Waals surface area contributed by atoms with Gasteiger partial charge in [-0.25, -0.2) is 9.78 Å². The van der Waals surface area contributed by atoms with Crippen molar-refractivity contribution in [1.82, 2.24) is 25.0 Å². The van der Waals surface area contributed by atoms with Gasteiger partial charge in [-0.15, -0.1) is 11.3 Å². The largest absolute Gasteiger partial charge is 0.338 e. The maximum atomic E-state index is 12.9. The summed E-state index contributed by atoms with van der Waals surface area (Å²) in [6, 6.07) is 0.195. The van der Waals surface area contributed by atoms with E-state index in [0.717, 1.165) is 38.2 Å². The highest BCUT2D eigenvalue weighted by Gasteiger charge is 2.32. The van der Waals surface area contributed by atoms with E-state index >= 15 is 0 Å². The third-order valence-corrected chi connectivity index (χ3v) is 7.00. The van der Waals surface area contributed by atoms with Gasteiger partial charge in [0.2, 0.25) is 5.91 Å². The Hall–Kier alpha value is -1.71. The van der Waals surface area contributed by atoms with Crippen LogP contribution in [0.1, 0.15) is 30.8 Å². The molecule has 1 aromatic rings. The van der Waals surface area contributed by atoms with Crippen LogP contribution in [-0.4, -0.2) is 89.5 Å². The normalized spacial score (nSPS) is 23.2. The van der Waals surface area contributed by atoms with Gasteiger partial charge in [-0.3, -0.25) is 15.0 Å². The lowest BCUT2D eigenvalue weighted by molar-refractivity contribution is -0.136. The number of anilines is 1. The quantitative estimate of drug-likeness (QED) is 0.783. The number of hydrogen-bond donors (Lipinski definition) is 2. The number of carbonyl (C=O) groups is 2. The molecule has 0 radical (unpaired) electrons. The predicted molar refractivity (Wildman–Crippen MR) is 110 cm³/mol. The molecule has 2 fully saturated rings. The summed E-state index contributed by atoms with van der Waals surface area (Å²) in [5, 5.41) is 6.99. The maximum absolute atomic E-state index is 12.9. The van der Waals surface area contributed by atoms with E-state index in [9.17, 15) is 9.59 Å².